The summed E-state index contributed by atoms with van der Waals surface area (Å²) >= 11 is 7.02. The predicted octanol–water partition coefficient (Wildman–Crippen LogP) is 2.98. The predicted molar refractivity (Wildman–Crippen MR) is 98.0 cm³/mol. The fraction of sp³-hybridized carbons (Fsp3) is 0.312. The number of carbonyl (C=O) groups excluding carboxylic acids is 1. The number of thiophene rings is 1. The Kier molecular flexibility index (Phi) is 5.45. The third-order valence-electron chi connectivity index (χ3n) is 3.86. The van der Waals surface area contributed by atoms with Gasteiger partial charge in [0.05, 0.1) is 13.2 Å². The van der Waals surface area contributed by atoms with Crippen LogP contribution in [-0.4, -0.2) is 44.9 Å². The smallest absolute Gasteiger partial charge is 0.267 e. The molecule has 1 N–H and O–H groups in total. The van der Waals surface area contributed by atoms with Gasteiger partial charge in [0.15, 0.2) is 0 Å². The lowest BCUT2D eigenvalue weighted by molar-refractivity contribution is 0.0730. The molecular formula is C16H17ClN2O4S2. The zero-order valence-electron chi connectivity index (χ0n) is 13.5. The average Bonchev–Trinajstić information content (AvgIpc) is 3.09. The first-order chi connectivity index (χ1) is 11.9. The number of nitrogens with one attached hydrogen (secondary N) is 1. The molecule has 2 aromatic rings. The van der Waals surface area contributed by atoms with Gasteiger partial charge in [-0.05, 0) is 42.1 Å². The molecule has 3 rings (SSSR count). The Morgan fingerprint density at radius 2 is 2.00 bits per heavy atom. The number of amides is 1. The van der Waals surface area contributed by atoms with E-state index in [0.717, 1.165) is 16.9 Å². The molecule has 6 nitrogen and oxygen atoms in total. The highest BCUT2D eigenvalue weighted by molar-refractivity contribution is 7.89. The molecule has 1 aliphatic rings. The standard InChI is InChI=1S/C16H17ClN2O4S2/c1-11-10-12(17)2-3-13(11)18-16(20)15-14(4-9-24-15)25(21,22)19-5-7-23-8-6-19/h2-4,9-10H,5-8H2,1H3,(H,18,20). The van der Waals surface area contributed by atoms with E-state index in [4.69, 9.17) is 16.3 Å². The van der Waals surface area contributed by atoms with E-state index in [1.54, 1.807) is 23.6 Å². The van der Waals surface area contributed by atoms with E-state index >= 15 is 0 Å². The summed E-state index contributed by atoms with van der Waals surface area (Å²) in [6.45, 7) is 3.11. The molecule has 0 unspecified atom stereocenters. The highest BCUT2D eigenvalue weighted by atomic mass is 35.5. The number of benzene rings is 1. The van der Waals surface area contributed by atoms with Gasteiger partial charge in [0.1, 0.15) is 9.77 Å². The fourth-order valence-electron chi connectivity index (χ4n) is 2.54. The molecule has 134 valence electrons. The Hall–Kier alpha value is -1.45. The molecule has 1 fully saturated rings. The van der Waals surface area contributed by atoms with E-state index < -0.39 is 15.9 Å². The molecule has 9 heteroatoms. The van der Waals surface area contributed by atoms with Gasteiger partial charge < -0.3 is 10.1 Å². The van der Waals surface area contributed by atoms with Gasteiger partial charge in [-0.1, -0.05) is 11.6 Å². The Morgan fingerprint density at radius 1 is 1.28 bits per heavy atom. The van der Waals surface area contributed by atoms with Crippen molar-refractivity contribution in [1.29, 1.82) is 0 Å². The molecular weight excluding hydrogens is 384 g/mol. The zero-order chi connectivity index (χ0) is 18.0. The first kappa shape index (κ1) is 18.3. The number of nitrogens with zero attached hydrogens (tertiary/aromatic N) is 1. The van der Waals surface area contributed by atoms with Crippen molar-refractivity contribution in [1.82, 2.24) is 4.31 Å². The van der Waals surface area contributed by atoms with Gasteiger partial charge in [0.2, 0.25) is 10.0 Å². The van der Waals surface area contributed by atoms with Crippen LogP contribution in [0.3, 0.4) is 0 Å². The summed E-state index contributed by atoms with van der Waals surface area (Å²) in [5, 5.41) is 4.94. The fourth-order valence-corrected chi connectivity index (χ4v) is 5.47. The molecule has 1 saturated heterocycles. The number of carbonyl (C=O) groups is 1. The molecule has 25 heavy (non-hydrogen) atoms. The maximum atomic E-state index is 12.8. The molecule has 1 aromatic carbocycles. The molecule has 0 radical (unpaired) electrons. The Labute approximate surface area is 155 Å². The Bertz CT molecular complexity index is 889. The number of rotatable bonds is 4. The topological polar surface area (TPSA) is 75.7 Å². The third kappa shape index (κ3) is 3.88. The monoisotopic (exact) mass is 400 g/mol. The second-order valence-corrected chi connectivity index (χ2v) is 8.80. The van der Waals surface area contributed by atoms with E-state index in [2.05, 4.69) is 5.32 Å². The molecule has 0 atom stereocenters. The summed E-state index contributed by atoms with van der Waals surface area (Å²) in [5.41, 5.74) is 1.40. The molecule has 1 aliphatic heterocycles. The minimum Gasteiger partial charge on any atom is -0.379 e. The first-order valence-electron chi connectivity index (χ1n) is 7.62. The van der Waals surface area contributed by atoms with Crippen molar-refractivity contribution < 1.29 is 17.9 Å². The number of ether oxygens (including phenoxy) is 1. The van der Waals surface area contributed by atoms with Crippen molar-refractivity contribution in [2.75, 3.05) is 31.6 Å². The average molecular weight is 401 g/mol. The number of aryl methyl sites for hydroxylation is 1. The molecule has 1 amide bonds. The van der Waals surface area contributed by atoms with Crippen LogP contribution in [0.1, 0.15) is 15.2 Å². The van der Waals surface area contributed by atoms with Crippen molar-refractivity contribution in [3.05, 3.63) is 45.1 Å². The van der Waals surface area contributed by atoms with Crippen molar-refractivity contribution in [3.63, 3.8) is 0 Å². The van der Waals surface area contributed by atoms with E-state index in [1.807, 2.05) is 6.92 Å². The van der Waals surface area contributed by atoms with Gasteiger partial charge in [-0.25, -0.2) is 8.42 Å². The summed E-state index contributed by atoms with van der Waals surface area (Å²) in [6.07, 6.45) is 0. The van der Waals surface area contributed by atoms with Crippen molar-refractivity contribution in [3.8, 4) is 0 Å². The number of sulfonamides is 1. The SMILES string of the molecule is Cc1cc(Cl)ccc1NC(=O)c1sccc1S(=O)(=O)N1CCOCC1. The van der Waals surface area contributed by atoms with Crippen LogP contribution in [0.2, 0.25) is 5.02 Å². The lowest BCUT2D eigenvalue weighted by atomic mass is 10.2. The van der Waals surface area contributed by atoms with Gasteiger partial charge in [-0.3, -0.25) is 4.79 Å². The van der Waals surface area contributed by atoms with E-state index in [9.17, 15) is 13.2 Å². The van der Waals surface area contributed by atoms with E-state index in [-0.39, 0.29) is 22.9 Å². The van der Waals surface area contributed by atoms with Gasteiger partial charge >= 0.3 is 0 Å². The maximum absolute atomic E-state index is 12.8. The van der Waals surface area contributed by atoms with Crippen LogP contribution in [0.15, 0.2) is 34.5 Å². The summed E-state index contributed by atoms with van der Waals surface area (Å²) < 4.78 is 32.2. The van der Waals surface area contributed by atoms with Crippen LogP contribution in [0.4, 0.5) is 5.69 Å². The van der Waals surface area contributed by atoms with Gasteiger partial charge in [-0.15, -0.1) is 11.3 Å². The number of hydrogen-bond donors (Lipinski definition) is 1. The lowest BCUT2D eigenvalue weighted by Crippen LogP contribution is -2.41. The first-order valence-corrected chi connectivity index (χ1v) is 10.3. The number of hydrogen-bond acceptors (Lipinski definition) is 5. The normalized spacial score (nSPS) is 15.9. The van der Waals surface area contributed by atoms with Gasteiger partial charge in [-0.2, -0.15) is 4.31 Å². The summed E-state index contributed by atoms with van der Waals surface area (Å²) in [5.74, 6) is -0.452. The summed E-state index contributed by atoms with van der Waals surface area (Å²) in [6, 6.07) is 6.57. The summed E-state index contributed by atoms with van der Waals surface area (Å²) in [7, 11) is -3.72. The molecule has 0 bridgehead atoms. The minimum absolute atomic E-state index is 0.0310. The third-order valence-corrected chi connectivity index (χ3v) is 7.08. The van der Waals surface area contributed by atoms with Crippen molar-refractivity contribution >= 4 is 44.6 Å². The van der Waals surface area contributed by atoms with E-state index in [1.165, 1.54) is 10.4 Å². The van der Waals surface area contributed by atoms with Crippen LogP contribution in [0.25, 0.3) is 0 Å². The number of halogens is 1. The second kappa shape index (κ2) is 7.43. The molecule has 1 aromatic heterocycles. The lowest BCUT2D eigenvalue weighted by Gasteiger charge is -2.26. The van der Waals surface area contributed by atoms with Gasteiger partial charge in [0, 0.05) is 23.8 Å². The zero-order valence-corrected chi connectivity index (χ0v) is 15.9. The highest BCUT2D eigenvalue weighted by Crippen LogP contribution is 2.28. The maximum Gasteiger partial charge on any atom is 0.267 e. The van der Waals surface area contributed by atoms with Gasteiger partial charge in [0.25, 0.3) is 5.91 Å². The summed E-state index contributed by atoms with van der Waals surface area (Å²) in [4.78, 5) is 12.8. The number of anilines is 1. The van der Waals surface area contributed by atoms with Crippen LogP contribution in [0, 0.1) is 6.92 Å². The molecule has 0 spiro atoms. The number of morpholine rings is 1. The largest absolute Gasteiger partial charge is 0.379 e. The second-order valence-electron chi connectivity index (χ2n) is 5.54. The minimum atomic E-state index is -3.72. The van der Waals surface area contributed by atoms with Crippen LogP contribution >= 0.6 is 22.9 Å². The Balaban J connectivity index is 1.86. The van der Waals surface area contributed by atoms with Crippen LogP contribution < -0.4 is 5.32 Å². The highest BCUT2D eigenvalue weighted by Gasteiger charge is 2.31. The molecule has 0 aliphatic carbocycles. The molecule has 2 heterocycles. The van der Waals surface area contributed by atoms with E-state index in [0.29, 0.717) is 23.9 Å². The quantitative estimate of drug-likeness (QED) is 0.856. The molecule has 0 saturated carbocycles. The van der Waals surface area contributed by atoms with Crippen LogP contribution in [-0.2, 0) is 14.8 Å². The van der Waals surface area contributed by atoms with Crippen molar-refractivity contribution in [2.45, 2.75) is 11.8 Å². The van der Waals surface area contributed by atoms with Crippen molar-refractivity contribution in [2.24, 2.45) is 0 Å². The van der Waals surface area contributed by atoms with Crippen LogP contribution in [0.5, 0.6) is 0 Å². The Morgan fingerprint density at radius 3 is 2.68 bits per heavy atom.